The van der Waals surface area contributed by atoms with Crippen molar-refractivity contribution in [1.82, 2.24) is 0 Å². The summed E-state index contributed by atoms with van der Waals surface area (Å²) in [4.78, 5) is 1.32. The minimum absolute atomic E-state index is 0.183. The predicted molar refractivity (Wildman–Crippen MR) is 76.0 cm³/mol. The van der Waals surface area contributed by atoms with Gasteiger partial charge in [-0.05, 0) is 30.7 Å². The molecule has 1 aromatic carbocycles. The molecule has 0 saturated carbocycles. The summed E-state index contributed by atoms with van der Waals surface area (Å²) in [5.74, 6) is 0.183. The SMILES string of the molecule is CCC(CC(=N)N)Sc1ccc(S(C)(=O)=O)cc1. The van der Waals surface area contributed by atoms with Crippen LogP contribution in [-0.2, 0) is 9.84 Å². The zero-order chi connectivity index (χ0) is 13.8. The molecule has 0 heterocycles. The second-order valence-electron chi connectivity index (χ2n) is 4.12. The van der Waals surface area contributed by atoms with E-state index < -0.39 is 9.84 Å². The van der Waals surface area contributed by atoms with Gasteiger partial charge in [0.15, 0.2) is 9.84 Å². The van der Waals surface area contributed by atoms with Crippen LogP contribution in [-0.4, -0.2) is 25.8 Å². The van der Waals surface area contributed by atoms with Gasteiger partial charge < -0.3 is 5.73 Å². The maximum atomic E-state index is 11.3. The lowest BCUT2D eigenvalue weighted by atomic mass is 10.2. The summed E-state index contributed by atoms with van der Waals surface area (Å²) < 4.78 is 22.6. The highest BCUT2D eigenvalue weighted by atomic mass is 32.2. The van der Waals surface area contributed by atoms with Gasteiger partial charge in [-0.25, -0.2) is 8.42 Å². The van der Waals surface area contributed by atoms with Gasteiger partial charge in [0.1, 0.15) is 0 Å². The zero-order valence-corrected chi connectivity index (χ0v) is 12.1. The Bertz CT molecular complexity index is 509. The Morgan fingerprint density at radius 3 is 2.33 bits per heavy atom. The van der Waals surface area contributed by atoms with E-state index in [0.717, 1.165) is 11.3 Å². The molecule has 1 aromatic rings. The summed E-state index contributed by atoms with van der Waals surface area (Å²) in [5.41, 5.74) is 5.39. The molecular weight excluding hydrogens is 268 g/mol. The van der Waals surface area contributed by atoms with E-state index in [2.05, 4.69) is 0 Å². The second kappa shape index (κ2) is 6.24. The Labute approximate surface area is 112 Å². The number of sulfone groups is 1. The maximum Gasteiger partial charge on any atom is 0.175 e. The lowest BCUT2D eigenvalue weighted by Gasteiger charge is -2.13. The Kier molecular flexibility index (Phi) is 5.22. The molecule has 1 atom stereocenters. The lowest BCUT2D eigenvalue weighted by molar-refractivity contribution is 0.602. The Morgan fingerprint density at radius 1 is 1.39 bits per heavy atom. The largest absolute Gasteiger partial charge is 0.388 e. The molecule has 0 saturated heterocycles. The van der Waals surface area contributed by atoms with Crippen molar-refractivity contribution in [3.05, 3.63) is 24.3 Å². The van der Waals surface area contributed by atoms with Crippen molar-refractivity contribution in [2.24, 2.45) is 5.73 Å². The number of nitrogens with two attached hydrogens (primary N) is 1. The van der Waals surface area contributed by atoms with Gasteiger partial charge in [-0.15, -0.1) is 11.8 Å². The average Bonchev–Trinajstić information content (AvgIpc) is 2.27. The summed E-state index contributed by atoms with van der Waals surface area (Å²) in [6.45, 7) is 2.05. The molecule has 0 bridgehead atoms. The van der Waals surface area contributed by atoms with Crippen LogP contribution in [0.25, 0.3) is 0 Å². The summed E-state index contributed by atoms with van der Waals surface area (Å²) >= 11 is 1.62. The molecule has 18 heavy (non-hydrogen) atoms. The van der Waals surface area contributed by atoms with Crippen molar-refractivity contribution in [2.75, 3.05) is 6.26 Å². The molecule has 0 amide bonds. The highest BCUT2D eigenvalue weighted by Crippen LogP contribution is 2.28. The standard InChI is InChI=1S/C12H18N2O2S2/c1-3-9(8-12(13)14)17-10-4-6-11(7-5-10)18(2,15)16/h4-7,9H,3,8H2,1-2H3,(H3,13,14). The second-order valence-corrected chi connectivity index (χ2v) is 7.51. The molecule has 1 rings (SSSR count). The highest BCUT2D eigenvalue weighted by molar-refractivity contribution is 8.00. The normalized spacial score (nSPS) is 13.2. The third-order valence-corrected chi connectivity index (χ3v) is 4.96. The van der Waals surface area contributed by atoms with Gasteiger partial charge in [0.25, 0.3) is 0 Å². The van der Waals surface area contributed by atoms with Crippen molar-refractivity contribution >= 4 is 27.4 Å². The number of amidine groups is 1. The molecule has 100 valence electrons. The molecule has 0 aliphatic heterocycles. The smallest absolute Gasteiger partial charge is 0.175 e. The Morgan fingerprint density at radius 2 is 1.94 bits per heavy atom. The molecule has 1 unspecified atom stereocenters. The highest BCUT2D eigenvalue weighted by Gasteiger charge is 2.11. The fraction of sp³-hybridized carbons (Fsp3) is 0.417. The van der Waals surface area contributed by atoms with E-state index in [9.17, 15) is 8.42 Å². The minimum Gasteiger partial charge on any atom is -0.388 e. The van der Waals surface area contributed by atoms with Crippen LogP contribution in [0.2, 0.25) is 0 Å². The van der Waals surface area contributed by atoms with Crippen LogP contribution in [0.4, 0.5) is 0 Å². The van der Waals surface area contributed by atoms with Crippen LogP contribution in [0.15, 0.2) is 34.1 Å². The first-order chi connectivity index (χ1) is 8.32. The van der Waals surface area contributed by atoms with Gasteiger partial charge in [0.2, 0.25) is 0 Å². The first kappa shape index (κ1) is 15.0. The van der Waals surface area contributed by atoms with E-state index in [1.807, 2.05) is 6.92 Å². The predicted octanol–water partition coefficient (Wildman–Crippen LogP) is 2.29. The summed E-state index contributed by atoms with van der Waals surface area (Å²) in [6, 6.07) is 6.81. The van der Waals surface area contributed by atoms with Crippen molar-refractivity contribution in [2.45, 2.75) is 34.8 Å². The average molecular weight is 286 g/mol. The molecule has 0 radical (unpaired) electrons. The number of hydrogen-bond acceptors (Lipinski definition) is 4. The molecule has 0 fully saturated rings. The van der Waals surface area contributed by atoms with E-state index >= 15 is 0 Å². The van der Waals surface area contributed by atoms with Crippen LogP contribution >= 0.6 is 11.8 Å². The monoisotopic (exact) mass is 286 g/mol. The molecule has 0 aliphatic rings. The van der Waals surface area contributed by atoms with Crippen LogP contribution < -0.4 is 5.73 Å². The van der Waals surface area contributed by atoms with E-state index in [-0.39, 0.29) is 11.1 Å². The summed E-state index contributed by atoms with van der Waals surface area (Å²) in [5, 5.41) is 7.55. The molecular formula is C12H18N2O2S2. The van der Waals surface area contributed by atoms with Crippen molar-refractivity contribution < 1.29 is 8.42 Å². The topological polar surface area (TPSA) is 84.0 Å². The maximum absolute atomic E-state index is 11.3. The molecule has 3 N–H and O–H groups in total. The van der Waals surface area contributed by atoms with Gasteiger partial charge in [-0.3, -0.25) is 5.41 Å². The van der Waals surface area contributed by atoms with Crippen LogP contribution in [0.3, 0.4) is 0 Å². The number of thioether (sulfide) groups is 1. The van der Waals surface area contributed by atoms with Crippen LogP contribution in [0.1, 0.15) is 19.8 Å². The number of benzene rings is 1. The van der Waals surface area contributed by atoms with Crippen LogP contribution in [0, 0.1) is 5.41 Å². The molecule has 0 spiro atoms. The number of hydrogen-bond donors (Lipinski definition) is 2. The van der Waals surface area contributed by atoms with E-state index in [1.54, 1.807) is 36.0 Å². The van der Waals surface area contributed by atoms with Gasteiger partial charge in [-0.2, -0.15) is 0 Å². The molecule has 6 heteroatoms. The van der Waals surface area contributed by atoms with Crippen molar-refractivity contribution in [3.63, 3.8) is 0 Å². The van der Waals surface area contributed by atoms with Gasteiger partial charge >= 0.3 is 0 Å². The van der Waals surface area contributed by atoms with E-state index in [1.165, 1.54) is 6.26 Å². The fourth-order valence-electron chi connectivity index (χ4n) is 1.47. The lowest BCUT2D eigenvalue weighted by Crippen LogP contribution is -2.16. The van der Waals surface area contributed by atoms with E-state index in [0.29, 0.717) is 11.3 Å². The Balaban J connectivity index is 2.77. The van der Waals surface area contributed by atoms with Crippen molar-refractivity contribution in [3.8, 4) is 0 Å². The van der Waals surface area contributed by atoms with Crippen LogP contribution in [0.5, 0.6) is 0 Å². The summed E-state index contributed by atoms with van der Waals surface area (Å²) in [6.07, 6.45) is 2.66. The molecule has 0 aliphatic carbocycles. The Hall–Kier alpha value is -1.01. The van der Waals surface area contributed by atoms with E-state index in [4.69, 9.17) is 11.1 Å². The third-order valence-electron chi connectivity index (χ3n) is 2.46. The van der Waals surface area contributed by atoms with Crippen molar-refractivity contribution in [1.29, 1.82) is 5.41 Å². The first-order valence-electron chi connectivity index (χ1n) is 5.62. The number of rotatable bonds is 6. The van der Waals surface area contributed by atoms with Gasteiger partial charge in [0, 0.05) is 22.8 Å². The zero-order valence-electron chi connectivity index (χ0n) is 10.5. The number of nitrogens with one attached hydrogen (secondary N) is 1. The third kappa shape index (κ3) is 4.70. The first-order valence-corrected chi connectivity index (χ1v) is 8.39. The fourth-order valence-corrected chi connectivity index (χ4v) is 3.21. The quantitative estimate of drug-likeness (QED) is 0.477. The van der Waals surface area contributed by atoms with Gasteiger partial charge in [0.05, 0.1) is 10.7 Å². The molecule has 0 aromatic heterocycles. The van der Waals surface area contributed by atoms with Gasteiger partial charge in [-0.1, -0.05) is 6.92 Å². The molecule has 4 nitrogen and oxygen atoms in total. The summed E-state index contributed by atoms with van der Waals surface area (Å²) in [7, 11) is -3.14. The minimum atomic E-state index is -3.14.